The SMILES string of the molecule is CCNC(=O)c1cccc(C(O)C(F)(F)F)c1. The highest BCUT2D eigenvalue weighted by atomic mass is 19.4. The van der Waals surface area contributed by atoms with E-state index in [0.717, 1.165) is 12.1 Å². The monoisotopic (exact) mass is 247 g/mol. The minimum atomic E-state index is -4.74. The lowest BCUT2D eigenvalue weighted by atomic mass is 10.1. The fourth-order valence-corrected chi connectivity index (χ4v) is 1.30. The highest BCUT2D eigenvalue weighted by Crippen LogP contribution is 2.32. The van der Waals surface area contributed by atoms with Gasteiger partial charge < -0.3 is 10.4 Å². The summed E-state index contributed by atoms with van der Waals surface area (Å²) < 4.78 is 36.8. The Labute approximate surface area is 96.3 Å². The molecule has 6 heteroatoms. The van der Waals surface area contributed by atoms with Crippen LogP contribution in [0.15, 0.2) is 24.3 Å². The van der Waals surface area contributed by atoms with E-state index in [0.29, 0.717) is 6.54 Å². The van der Waals surface area contributed by atoms with E-state index in [1.807, 2.05) is 0 Å². The van der Waals surface area contributed by atoms with E-state index in [2.05, 4.69) is 5.32 Å². The van der Waals surface area contributed by atoms with E-state index >= 15 is 0 Å². The van der Waals surface area contributed by atoms with Gasteiger partial charge in [0.15, 0.2) is 6.10 Å². The van der Waals surface area contributed by atoms with Crippen LogP contribution in [0.5, 0.6) is 0 Å². The third-order valence-corrected chi connectivity index (χ3v) is 2.11. The van der Waals surface area contributed by atoms with Crippen LogP contribution in [0.4, 0.5) is 13.2 Å². The fraction of sp³-hybridized carbons (Fsp3) is 0.364. The first-order valence-corrected chi connectivity index (χ1v) is 4.99. The average molecular weight is 247 g/mol. The van der Waals surface area contributed by atoms with Crippen molar-refractivity contribution in [3.05, 3.63) is 35.4 Å². The summed E-state index contributed by atoms with van der Waals surface area (Å²) in [5.41, 5.74) is -0.256. The van der Waals surface area contributed by atoms with Crippen LogP contribution >= 0.6 is 0 Å². The van der Waals surface area contributed by atoms with Gasteiger partial charge in [0.2, 0.25) is 0 Å². The number of halogens is 3. The largest absolute Gasteiger partial charge is 0.418 e. The first kappa shape index (κ1) is 13.5. The molecule has 0 fully saturated rings. The molecule has 1 unspecified atom stereocenters. The maximum atomic E-state index is 12.3. The maximum Gasteiger partial charge on any atom is 0.418 e. The van der Waals surface area contributed by atoms with Crippen molar-refractivity contribution in [2.24, 2.45) is 0 Å². The Hall–Kier alpha value is -1.56. The Morgan fingerprint density at radius 1 is 1.47 bits per heavy atom. The van der Waals surface area contributed by atoms with Crippen molar-refractivity contribution in [3.8, 4) is 0 Å². The topological polar surface area (TPSA) is 49.3 Å². The zero-order chi connectivity index (χ0) is 13.1. The van der Waals surface area contributed by atoms with Crippen molar-refractivity contribution in [1.82, 2.24) is 5.32 Å². The molecule has 0 saturated heterocycles. The van der Waals surface area contributed by atoms with Gasteiger partial charge in [0.05, 0.1) is 0 Å². The summed E-state index contributed by atoms with van der Waals surface area (Å²) in [6.07, 6.45) is -7.31. The van der Waals surface area contributed by atoms with Crippen molar-refractivity contribution in [2.45, 2.75) is 19.2 Å². The van der Waals surface area contributed by atoms with Gasteiger partial charge in [-0.15, -0.1) is 0 Å². The Balaban J connectivity index is 2.97. The first-order chi connectivity index (χ1) is 7.86. The van der Waals surface area contributed by atoms with E-state index in [1.165, 1.54) is 12.1 Å². The van der Waals surface area contributed by atoms with E-state index < -0.39 is 18.2 Å². The lowest BCUT2D eigenvalue weighted by Gasteiger charge is -2.15. The zero-order valence-corrected chi connectivity index (χ0v) is 9.08. The highest BCUT2D eigenvalue weighted by Gasteiger charge is 2.39. The molecule has 0 saturated carbocycles. The number of hydrogen-bond donors (Lipinski definition) is 2. The Bertz CT molecular complexity index is 404. The van der Waals surface area contributed by atoms with Crippen LogP contribution < -0.4 is 5.32 Å². The minimum Gasteiger partial charge on any atom is -0.379 e. The van der Waals surface area contributed by atoms with Gasteiger partial charge in [0.25, 0.3) is 5.91 Å². The normalized spacial score (nSPS) is 13.2. The number of aliphatic hydroxyl groups is 1. The molecule has 3 nitrogen and oxygen atoms in total. The molecule has 17 heavy (non-hydrogen) atoms. The summed E-state index contributed by atoms with van der Waals surface area (Å²) in [6.45, 7) is 2.08. The molecule has 2 N–H and O–H groups in total. The zero-order valence-electron chi connectivity index (χ0n) is 9.08. The van der Waals surface area contributed by atoms with Crippen molar-refractivity contribution >= 4 is 5.91 Å². The third-order valence-electron chi connectivity index (χ3n) is 2.11. The smallest absolute Gasteiger partial charge is 0.379 e. The van der Waals surface area contributed by atoms with Gasteiger partial charge in [-0.05, 0) is 24.6 Å². The standard InChI is InChI=1S/C11H12F3NO2/c1-2-15-10(17)8-5-3-4-7(6-8)9(16)11(12,13)14/h3-6,9,16H,2H2,1H3,(H,15,17). The molecule has 1 amide bonds. The minimum absolute atomic E-state index is 0.0904. The number of amides is 1. The van der Waals surface area contributed by atoms with E-state index in [1.54, 1.807) is 6.92 Å². The van der Waals surface area contributed by atoms with Crippen LogP contribution in [0.25, 0.3) is 0 Å². The van der Waals surface area contributed by atoms with Gasteiger partial charge in [-0.25, -0.2) is 0 Å². The summed E-state index contributed by atoms with van der Waals surface area (Å²) in [7, 11) is 0. The second kappa shape index (κ2) is 5.18. The molecule has 0 radical (unpaired) electrons. The number of carbonyl (C=O) groups is 1. The molecular weight excluding hydrogens is 235 g/mol. The molecule has 94 valence electrons. The predicted octanol–water partition coefficient (Wildman–Crippen LogP) is 2.03. The van der Waals surface area contributed by atoms with E-state index in [-0.39, 0.29) is 11.1 Å². The first-order valence-electron chi connectivity index (χ1n) is 4.99. The van der Waals surface area contributed by atoms with Gasteiger partial charge in [-0.2, -0.15) is 13.2 Å². The molecule has 1 aromatic carbocycles. The van der Waals surface area contributed by atoms with Crippen LogP contribution in [0.1, 0.15) is 28.9 Å². The van der Waals surface area contributed by atoms with Crippen LogP contribution in [0.3, 0.4) is 0 Å². The number of aliphatic hydroxyl groups excluding tert-OH is 1. The van der Waals surface area contributed by atoms with Crippen LogP contribution in [-0.2, 0) is 0 Å². The molecule has 1 atom stereocenters. The van der Waals surface area contributed by atoms with Crippen LogP contribution in [0, 0.1) is 0 Å². The number of carbonyl (C=O) groups excluding carboxylic acids is 1. The van der Waals surface area contributed by atoms with Gasteiger partial charge in [-0.3, -0.25) is 4.79 Å². The average Bonchev–Trinajstić information content (AvgIpc) is 2.27. The third kappa shape index (κ3) is 3.45. The summed E-state index contributed by atoms with van der Waals surface area (Å²) in [4.78, 5) is 11.4. The molecule has 0 aliphatic carbocycles. The van der Waals surface area contributed by atoms with E-state index in [4.69, 9.17) is 5.11 Å². The molecule has 0 bridgehead atoms. The Kier molecular flexibility index (Phi) is 4.11. The second-order valence-corrected chi connectivity index (χ2v) is 3.43. The number of alkyl halides is 3. The van der Waals surface area contributed by atoms with Crippen LogP contribution in [0.2, 0.25) is 0 Å². The number of benzene rings is 1. The summed E-state index contributed by atoms with van der Waals surface area (Å²) in [5, 5.41) is 11.5. The van der Waals surface area contributed by atoms with Gasteiger partial charge >= 0.3 is 6.18 Å². The van der Waals surface area contributed by atoms with Gasteiger partial charge in [0.1, 0.15) is 0 Å². The molecule has 0 aliphatic heterocycles. The quantitative estimate of drug-likeness (QED) is 0.858. The summed E-state index contributed by atoms with van der Waals surface area (Å²) in [5.74, 6) is -0.469. The van der Waals surface area contributed by atoms with Gasteiger partial charge in [0, 0.05) is 12.1 Å². The Morgan fingerprint density at radius 3 is 2.65 bits per heavy atom. The van der Waals surface area contributed by atoms with Crippen molar-refractivity contribution in [3.63, 3.8) is 0 Å². The summed E-state index contributed by atoms with van der Waals surface area (Å²) >= 11 is 0. The highest BCUT2D eigenvalue weighted by molar-refractivity contribution is 5.94. The number of nitrogens with one attached hydrogen (secondary N) is 1. The number of hydrogen-bond acceptors (Lipinski definition) is 2. The molecular formula is C11H12F3NO2. The van der Waals surface area contributed by atoms with Crippen molar-refractivity contribution < 1.29 is 23.1 Å². The lowest BCUT2D eigenvalue weighted by Crippen LogP contribution is -2.24. The number of rotatable bonds is 3. The Morgan fingerprint density at radius 2 is 2.12 bits per heavy atom. The van der Waals surface area contributed by atoms with Crippen LogP contribution in [-0.4, -0.2) is 23.7 Å². The molecule has 0 spiro atoms. The second-order valence-electron chi connectivity index (χ2n) is 3.43. The predicted molar refractivity (Wildman–Crippen MR) is 55.5 cm³/mol. The van der Waals surface area contributed by atoms with Gasteiger partial charge in [-0.1, -0.05) is 12.1 Å². The summed E-state index contributed by atoms with van der Waals surface area (Å²) in [6, 6.07) is 4.84. The molecule has 0 heterocycles. The molecule has 0 aliphatic rings. The fourth-order valence-electron chi connectivity index (χ4n) is 1.30. The molecule has 0 aromatic heterocycles. The molecule has 1 aromatic rings. The van der Waals surface area contributed by atoms with Crippen molar-refractivity contribution in [2.75, 3.05) is 6.54 Å². The lowest BCUT2D eigenvalue weighted by molar-refractivity contribution is -0.206. The molecule has 1 rings (SSSR count). The maximum absolute atomic E-state index is 12.3. The van der Waals surface area contributed by atoms with E-state index in [9.17, 15) is 18.0 Å². The van der Waals surface area contributed by atoms with Crippen molar-refractivity contribution in [1.29, 1.82) is 0 Å².